The minimum atomic E-state index is -0.911. The van der Waals surface area contributed by atoms with E-state index in [0.717, 1.165) is 10.9 Å². The summed E-state index contributed by atoms with van der Waals surface area (Å²) >= 11 is 1.88. The van der Waals surface area contributed by atoms with E-state index < -0.39 is 12.1 Å². The van der Waals surface area contributed by atoms with Crippen molar-refractivity contribution in [3.63, 3.8) is 0 Å². The number of amides is 1. The van der Waals surface area contributed by atoms with Gasteiger partial charge in [-0.05, 0) is 25.8 Å². The van der Waals surface area contributed by atoms with Crippen molar-refractivity contribution in [2.45, 2.75) is 56.1 Å². The van der Waals surface area contributed by atoms with E-state index in [-0.39, 0.29) is 11.7 Å². The van der Waals surface area contributed by atoms with Gasteiger partial charge in [-0.1, -0.05) is 37.5 Å². The highest BCUT2D eigenvalue weighted by Crippen LogP contribution is 2.35. The molecule has 1 aliphatic carbocycles. The van der Waals surface area contributed by atoms with Crippen molar-refractivity contribution in [1.29, 1.82) is 0 Å². The lowest BCUT2D eigenvalue weighted by atomic mass is 10.0. The van der Waals surface area contributed by atoms with Crippen LogP contribution in [-0.2, 0) is 20.0 Å². The molecule has 0 unspecified atom stereocenters. The second-order valence-electron chi connectivity index (χ2n) is 7.31. The molecule has 1 fully saturated rings. The van der Waals surface area contributed by atoms with Gasteiger partial charge in [-0.25, -0.2) is 4.79 Å². The molecular formula is C22H29NO5S. The molecule has 0 aliphatic heterocycles. The summed E-state index contributed by atoms with van der Waals surface area (Å²) in [6, 6.07) is 7.63. The molecule has 0 spiro atoms. The Kier molecular flexibility index (Phi) is 8.00. The predicted octanol–water partition coefficient (Wildman–Crippen LogP) is 4.31. The molecule has 1 atom stereocenters. The van der Waals surface area contributed by atoms with Gasteiger partial charge in [0.1, 0.15) is 5.58 Å². The summed E-state index contributed by atoms with van der Waals surface area (Å²) in [5, 5.41) is 4.22. The number of hydrogen-bond donors (Lipinski definition) is 1. The van der Waals surface area contributed by atoms with E-state index in [2.05, 4.69) is 5.32 Å². The second-order valence-corrected chi connectivity index (χ2v) is 8.60. The van der Waals surface area contributed by atoms with Gasteiger partial charge >= 0.3 is 5.97 Å². The van der Waals surface area contributed by atoms with Gasteiger partial charge in [0, 0.05) is 35.6 Å². The highest BCUT2D eigenvalue weighted by atomic mass is 32.2. The summed E-state index contributed by atoms with van der Waals surface area (Å²) in [4.78, 5) is 24.9. The Hall–Kier alpha value is -1.99. The third-order valence-corrected chi connectivity index (χ3v) is 6.56. The smallest absolute Gasteiger partial charge is 0.375 e. The Morgan fingerprint density at radius 1 is 1.24 bits per heavy atom. The number of benzene rings is 1. The zero-order valence-electron chi connectivity index (χ0n) is 17.1. The molecule has 2 aromatic rings. The first-order valence-electron chi connectivity index (χ1n) is 10.2. The lowest BCUT2D eigenvalue weighted by Gasteiger charge is -2.20. The lowest BCUT2D eigenvalue weighted by molar-refractivity contribution is -0.129. The van der Waals surface area contributed by atoms with Gasteiger partial charge < -0.3 is 19.2 Å². The molecule has 1 aromatic heterocycles. The van der Waals surface area contributed by atoms with Crippen LogP contribution in [0.3, 0.4) is 0 Å². The van der Waals surface area contributed by atoms with E-state index >= 15 is 0 Å². The minimum Gasteiger partial charge on any atom is -0.449 e. The average Bonchev–Trinajstić information content (AvgIpc) is 3.12. The number of rotatable bonds is 9. The van der Waals surface area contributed by atoms with Crippen LogP contribution in [-0.4, -0.2) is 43.5 Å². The van der Waals surface area contributed by atoms with Crippen molar-refractivity contribution in [1.82, 2.24) is 5.32 Å². The molecule has 1 aromatic carbocycles. The van der Waals surface area contributed by atoms with Crippen LogP contribution in [0.15, 0.2) is 28.7 Å². The highest BCUT2D eigenvalue weighted by molar-refractivity contribution is 7.99. The topological polar surface area (TPSA) is 77.8 Å². The van der Waals surface area contributed by atoms with E-state index in [4.69, 9.17) is 13.9 Å². The second kappa shape index (κ2) is 10.7. The molecule has 1 N–H and O–H groups in total. The van der Waals surface area contributed by atoms with E-state index in [1.165, 1.54) is 32.1 Å². The summed E-state index contributed by atoms with van der Waals surface area (Å²) in [5.41, 5.74) is 1.52. The summed E-state index contributed by atoms with van der Waals surface area (Å²) in [5.74, 6) is -0.0638. The Morgan fingerprint density at radius 3 is 2.76 bits per heavy atom. The number of hydrogen-bond acceptors (Lipinski definition) is 6. The third-order valence-electron chi connectivity index (χ3n) is 5.16. The number of methoxy groups -OCH3 is 1. The number of para-hydroxylation sites is 1. The fraction of sp³-hybridized carbons (Fsp3) is 0.545. The maximum absolute atomic E-state index is 12.8. The van der Waals surface area contributed by atoms with Crippen molar-refractivity contribution in [3.8, 4) is 0 Å². The molecule has 0 bridgehead atoms. The van der Waals surface area contributed by atoms with Crippen LogP contribution in [0.5, 0.6) is 0 Å². The predicted molar refractivity (Wildman–Crippen MR) is 114 cm³/mol. The highest BCUT2D eigenvalue weighted by Gasteiger charge is 2.26. The normalized spacial score (nSPS) is 15.9. The first kappa shape index (κ1) is 21.7. The van der Waals surface area contributed by atoms with Crippen LogP contribution in [0.4, 0.5) is 0 Å². The summed E-state index contributed by atoms with van der Waals surface area (Å²) in [6.45, 7) is 2.32. The first-order valence-corrected chi connectivity index (χ1v) is 11.2. The van der Waals surface area contributed by atoms with E-state index in [9.17, 15) is 9.59 Å². The number of carbonyl (C=O) groups excluding carboxylic acids is 2. The number of fused-ring (bicyclic) bond motifs is 1. The molecule has 3 rings (SSSR count). The van der Waals surface area contributed by atoms with Crippen molar-refractivity contribution in [3.05, 3.63) is 35.6 Å². The molecule has 1 heterocycles. The van der Waals surface area contributed by atoms with Crippen LogP contribution in [0.2, 0.25) is 0 Å². The minimum absolute atomic E-state index is 0.200. The van der Waals surface area contributed by atoms with Crippen molar-refractivity contribution in [2.75, 3.05) is 20.3 Å². The zero-order valence-corrected chi connectivity index (χ0v) is 17.9. The molecule has 1 saturated carbocycles. The fourth-order valence-corrected chi connectivity index (χ4v) is 4.88. The summed E-state index contributed by atoms with van der Waals surface area (Å²) in [7, 11) is 1.56. The third kappa shape index (κ3) is 5.76. The first-order chi connectivity index (χ1) is 14.1. The number of carbonyl (C=O) groups is 2. The average molecular weight is 420 g/mol. The Labute approximate surface area is 175 Å². The van der Waals surface area contributed by atoms with Gasteiger partial charge in [0.15, 0.2) is 6.10 Å². The zero-order chi connectivity index (χ0) is 20.6. The van der Waals surface area contributed by atoms with Gasteiger partial charge in [-0.2, -0.15) is 11.8 Å². The molecule has 158 valence electrons. The van der Waals surface area contributed by atoms with E-state index in [0.29, 0.717) is 29.7 Å². The summed E-state index contributed by atoms with van der Waals surface area (Å²) < 4.78 is 16.1. The van der Waals surface area contributed by atoms with Crippen LogP contribution in [0.1, 0.15) is 55.1 Å². The standard InChI is InChI=1S/C22H29NO5S/c1-15(21(24)23-12-13-26-2)27-22(25)20-18(14-29-16-8-4-3-5-9-16)17-10-6-7-11-19(17)28-20/h6-7,10-11,15-16H,3-5,8-9,12-14H2,1-2H3,(H,23,24)/t15-/m0/s1. The van der Waals surface area contributed by atoms with Gasteiger partial charge in [0.05, 0.1) is 6.61 Å². The molecule has 0 saturated heterocycles. The van der Waals surface area contributed by atoms with Crippen LogP contribution in [0, 0.1) is 0 Å². The van der Waals surface area contributed by atoms with Crippen molar-refractivity contribution >= 4 is 34.6 Å². The SMILES string of the molecule is COCCNC(=O)[C@H](C)OC(=O)c1oc2ccccc2c1CSC1CCCCC1. The van der Waals surface area contributed by atoms with E-state index in [1.54, 1.807) is 14.0 Å². The molecule has 6 nitrogen and oxygen atoms in total. The number of esters is 1. The number of nitrogens with one attached hydrogen (secondary N) is 1. The van der Waals surface area contributed by atoms with Crippen LogP contribution in [0.25, 0.3) is 11.0 Å². The summed E-state index contributed by atoms with van der Waals surface area (Å²) in [6.07, 6.45) is 5.39. The number of ether oxygens (including phenoxy) is 2. The fourth-order valence-electron chi connectivity index (χ4n) is 3.53. The molecule has 29 heavy (non-hydrogen) atoms. The Morgan fingerprint density at radius 2 is 2.00 bits per heavy atom. The monoisotopic (exact) mass is 419 g/mol. The lowest BCUT2D eigenvalue weighted by Crippen LogP contribution is -2.37. The van der Waals surface area contributed by atoms with Gasteiger partial charge in [0.25, 0.3) is 5.91 Å². The van der Waals surface area contributed by atoms with Crippen molar-refractivity contribution < 1.29 is 23.5 Å². The quantitative estimate of drug-likeness (QED) is 0.482. The van der Waals surface area contributed by atoms with E-state index in [1.807, 2.05) is 36.0 Å². The van der Waals surface area contributed by atoms with Crippen LogP contribution >= 0.6 is 11.8 Å². The molecule has 0 radical (unpaired) electrons. The number of thioether (sulfide) groups is 1. The molecular weight excluding hydrogens is 390 g/mol. The maximum atomic E-state index is 12.8. The Bertz CT molecular complexity index is 828. The maximum Gasteiger partial charge on any atom is 0.375 e. The van der Waals surface area contributed by atoms with Crippen LogP contribution < -0.4 is 5.32 Å². The molecule has 1 aliphatic rings. The molecule has 1 amide bonds. The van der Waals surface area contributed by atoms with Gasteiger partial charge in [-0.15, -0.1) is 0 Å². The number of furan rings is 1. The largest absolute Gasteiger partial charge is 0.449 e. The van der Waals surface area contributed by atoms with Crippen molar-refractivity contribution in [2.24, 2.45) is 0 Å². The van der Waals surface area contributed by atoms with Gasteiger partial charge in [0.2, 0.25) is 5.76 Å². The Balaban J connectivity index is 1.71. The van der Waals surface area contributed by atoms with Gasteiger partial charge in [-0.3, -0.25) is 4.79 Å². The molecule has 7 heteroatoms.